The first kappa shape index (κ1) is 9.79. The molecule has 1 aromatic carbocycles. The number of hydrogen-bond donors (Lipinski definition) is 0. The summed E-state index contributed by atoms with van der Waals surface area (Å²) in [5.41, 5.74) is 1.77. The van der Waals surface area contributed by atoms with Gasteiger partial charge in [0.25, 0.3) is 5.69 Å². The van der Waals surface area contributed by atoms with Gasteiger partial charge in [0.05, 0.1) is 33.7 Å². The lowest BCUT2D eigenvalue weighted by Crippen LogP contribution is -1.92. The normalized spacial score (nSPS) is 10.5. The van der Waals surface area contributed by atoms with Gasteiger partial charge in [0.1, 0.15) is 0 Å². The molecule has 0 radical (unpaired) electrons. The van der Waals surface area contributed by atoms with Crippen LogP contribution in [0.4, 0.5) is 5.69 Å². The van der Waals surface area contributed by atoms with Crippen molar-refractivity contribution >= 4 is 28.3 Å². The number of nitro groups is 1. The third kappa shape index (κ3) is 1.87. The third-order valence-electron chi connectivity index (χ3n) is 1.92. The molecule has 1 aromatic heterocycles. The third-order valence-corrected chi connectivity index (χ3v) is 2.20. The summed E-state index contributed by atoms with van der Waals surface area (Å²) in [5, 5.41) is 10.5. The zero-order chi connectivity index (χ0) is 10.8. The highest BCUT2D eigenvalue weighted by Crippen LogP contribution is 2.17. The second-order valence-electron chi connectivity index (χ2n) is 2.93. The van der Waals surface area contributed by atoms with Gasteiger partial charge in [0.2, 0.25) is 0 Å². The van der Waals surface area contributed by atoms with Crippen molar-refractivity contribution in [2.75, 3.05) is 0 Å². The molecule has 0 amide bonds. The predicted octanol–water partition coefficient (Wildman–Crippen LogP) is 2.28. The Morgan fingerprint density at radius 2 is 2.20 bits per heavy atom. The summed E-state index contributed by atoms with van der Waals surface area (Å²) in [6, 6.07) is 4.35. The van der Waals surface area contributed by atoms with Crippen molar-refractivity contribution in [2.45, 2.75) is 5.88 Å². The number of aromatic nitrogens is 2. The molecular formula is C9H6ClN3O2. The van der Waals surface area contributed by atoms with Crippen molar-refractivity contribution < 1.29 is 4.92 Å². The van der Waals surface area contributed by atoms with E-state index >= 15 is 0 Å². The number of nitro benzene ring substituents is 1. The summed E-state index contributed by atoms with van der Waals surface area (Å²) in [6.07, 6.45) is 1.51. The fourth-order valence-corrected chi connectivity index (χ4v) is 1.34. The standard InChI is InChI=1S/C9H6ClN3O2/c10-4-6-5-11-9-3-7(13(14)15)1-2-8(9)12-6/h1-3,5H,4H2. The van der Waals surface area contributed by atoms with Crippen molar-refractivity contribution in [2.24, 2.45) is 0 Å². The Balaban J connectivity index is 2.59. The lowest BCUT2D eigenvalue weighted by Gasteiger charge is -1.98. The van der Waals surface area contributed by atoms with Crippen molar-refractivity contribution in [1.29, 1.82) is 0 Å². The lowest BCUT2D eigenvalue weighted by atomic mass is 10.2. The van der Waals surface area contributed by atoms with Gasteiger partial charge in [-0.3, -0.25) is 15.1 Å². The maximum atomic E-state index is 10.5. The largest absolute Gasteiger partial charge is 0.271 e. The van der Waals surface area contributed by atoms with E-state index in [4.69, 9.17) is 11.6 Å². The summed E-state index contributed by atoms with van der Waals surface area (Å²) < 4.78 is 0. The van der Waals surface area contributed by atoms with Crippen LogP contribution < -0.4 is 0 Å². The summed E-state index contributed by atoms with van der Waals surface area (Å²) in [6.45, 7) is 0. The zero-order valence-electron chi connectivity index (χ0n) is 7.55. The van der Waals surface area contributed by atoms with E-state index in [9.17, 15) is 10.1 Å². The minimum absolute atomic E-state index is 0.00965. The van der Waals surface area contributed by atoms with Gasteiger partial charge in [-0.25, -0.2) is 4.98 Å². The molecule has 0 unspecified atom stereocenters. The number of alkyl halides is 1. The number of non-ortho nitro benzene ring substituents is 1. The molecule has 0 spiro atoms. The van der Waals surface area contributed by atoms with Crippen molar-refractivity contribution in [1.82, 2.24) is 9.97 Å². The van der Waals surface area contributed by atoms with E-state index in [1.807, 2.05) is 0 Å². The van der Waals surface area contributed by atoms with Crippen LogP contribution >= 0.6 is 11.6 Å². The van der Waals surface area contributed by atoms with Gasteiger partial charge in [-0.05, 0) is 6.07 Å². The maximum Gasteiger partial charge on any atom is 0.271 e. The van der Waals surface area contributed by atoms with Crippen molar-refractivity contribution in [3.05, 3.63) is 40.2 Å². The van der Waals surface area contributed by atoms with E-state index in [-0.39, 0.29) is 11.6 Å². The van der Waals surface area contributed by atoms with E-state index in [2.05, 4.69) is 9.97 Å². The molecule has 2 aromatic rings. The Kier molecular flexibility index (Phi) is 2.47. The monoisotopic (exact) mass is 223 g/mol. The summed E-state index contributed by atoms with van der Waals surface area (Å²) >= 11 is 5.60. The van der Waals surface area contributed by atoms with Gasteiger partial charge in [-0.1, -0.05) is 0 Å². The molecular weight excluding hydrogens is 218 g/mol. The smallest absolute Gasteiger partial charge is 0.258 e. The number of benzene rings is 1. The molecule has 15 heavy (non-hydrogen) atoms. The van der Waals surface area contributed by atoms with Crippen molar-refractivity contribution in [3.8, 4) is 0 Å². The highest BCUT2D eigenvalue weighted by Gasteiger charge is 2.07. The van der Waals surface area contributed by atoms with E-state index in [1.54, 1.807) is 6.07 Å². The molecule has 1 heterocycles. The van der Waals surface area contributed by atoms with E-state index in [0.717, 1.165) is 0 Å². The molecule has 76 valence electrons. The molecule has 6 heteroatoms. The Labute approximate surface area is 89.9 Å². The summed E-state index contributed by atoms with van der Waals surface area (Å²) in [7, 11) is 0. The molecule has 0 atom stereocenters. The molecule has 5 nitrogen and oxygen atoms in total. The van der Waals surface area contributed by atoms with Crippen LogP contribution in [0.15, 0.2) is 24.4 Å². The SMILES string of the molecule is O=[N+]([O-])c1ccc2nc(CCl)cnc2c1. The minimum atomic E-state index is -0.462. The molecule has 0 saturated heterocycles. The van der Waals surface area contributed by atoms with Crippen LogP contribution in [0.3, 0.4) is 0 Å². The van der Waals surface area contributed by atoms with Gasteiger partial charge < -0.3 is 0 Å². The molecule has 2 rings (SSSR count). The Morgan fingerprint density at radius 3 is 2.87 bits per heavy atom. The molecule has 0 aliphatic heterocycles. The van der Waals surface area contributed by atoms with Gasteiger partial charge in [-0.2, -0.15) is 0 Å². The predicted molar refractivity (Wildman–Crippen MR) is 55.7 cm³/mol. The Hall–Kier alpha value is -1.75. The second-order valence-corrected chi connectivity index (χ2v) is 3.19. The molecule has 0 aliphatic carbocycles. The van der Waals surface area contributed by atoms with Crippen LogP contribution in [0, 0.1) is 10.1 Å². The topological polar surface area (TPSA) is 68.9 Å². The van der Waals surface area contributed by atoms with Crippen molar-refractivity contribution in [3.63, 3.8) is 0 Å². The molecule has 0 saturated carbocycles. The first-order chi connectivity index (χ1) is 7.20. The first-order valence-electron chi connectivity index (χ1n) is 4.17. The maximum absolute atomic E-state index is 10.5. The van der Waals surface area contributed by atoms with Gasteiger partial charge in [-0.15, -0.1) is 11.6 Å². The number of rotatable bonds is 2. The van der Waals surface area contributed by atoms with Gasteiger partial charge in [0.15, 0.2) is 0 Å². The molecule has 0 fully saturated rings. The van der Waals surface area contributed by atoms with Crippen LogP contribution in [-0.2, 0) is 5.88 Å². The van der Waals surface area contributed by atoms with Crippen LogP contribution in [0.25, 0.3) is 11.0 Å². The van der Waals surface area contributed by atoms with Crippen LogP contribution in [0.2, 0.25) is 0 Å². The van der Waals surface area contributed by atoms with E-state index in [0.29, 0.717) is 16.7 Å². The zero-order valence-corrected chi connectivity index (χ0v) is 8.31. The molecule has 0 N–H and O–H groups in total. The average Bonchev–Trinajstić information content (AvgIpc) is 2.27. The lowest BCUT2D eigenvalue weighted by molar-refractivity contribution is -0.384. The fourth-order valence-electron chi connectivity index (χ4n) is 1.22. The van der Waals surface area contributed by atoms with Crippen LogP contribution in [0.5, 0.6) is 0 Å². The first-order valence-corrected chi connectivity index (χ1v) is 4.70. The number of hydrogen-bond acceptors (Lipinski definition) is 4. The number of nitrogens with zero attached hydrogens (tertiary/aromatic N) is 3. The van der Waals surface area contributed by atoms with E-state index in [1.165, 1.54) is 18.3 Å². The number of fused-ring (bicyclic) bond motifs is 1. The second kappa shape index (κ2) is 3.78. The molecule has 0 aliphatic rings. The number of halogens is 1. The highest BCUT2D eigenvalue weighted by atomic mass is 35.5. The summed E-state index contributed by atoms with van der Waals surface area (Å²) in [4.78, 5) is 18.3. The average molecular weight is 224 g/mol. The fraction of sp³-hybridized carbons (Fsp3) is 0.111. The molecule has 0 bridgehead atoms. The van der Waals surface area contributed by atoms with Gasteiger partial charge in [0, 0.05) is 12.1 Å². The summed E-state index contributed by atoms with van der Waals surface area (Å²) in [5.74, 6) is 0.278. The van der Waals surface area contributed by atoms with E-state index < -0.39 is 4.92 Å². The van der Waals surface area contributed by atoms with Crippen LogP contribution in [-0.4, -0.2) is 14.9 Å². The minimum Gasteiger partial charge on any atom is -0.258 e. The van der Waals surface area contributed by atoms with Crippen LogP contribution in [0.1, 0.15) is 5.69 Å². The van der Waals surface area contributed by atoms with Gasteiger partial charge >= 0.3 is 0 Å². The Morgan fingerprint density at radius 1 is 1.40 bits per heavy atom. The Bertz CT molecular complexity index is 530. The highest BCUT2D eigenvalue weighted by molar-refractivity contribution is 6.16. The quantitative estimate of drug-likeness (QED) is 0.445.